The molecule has 0 amide bonds. The van der Waals surface area contributed by atoms with Gasteiger partial charge in [-0.2, -0.15) is 0 Å². The highest BCUT2D eigenvalue weighted by molar-refractivity contribution is 5.95. The van der Waals surface area contributed by atoms with Crippen LogP contribution >= 0.6 is 0 Å². The molecule has 23 heavy (non-hydrogen) atoms. The highest BCUT2D eigenvalue weighted by Gasteiger charge is 2.13. The highest BCUT2D eigenvalue weighted by atomic mass is 15.1. The maximum atomic E-state index is 7.43. The first-order chi connectivity index (χ1) is 11.2. The summed E-state index contributed by atoms with van der Waals surface area (Å²) in [6.07, 6.45) is 4.53. The number of nitrogens with two attached hydrogens (primary N) is 1. The lowest BCUT2D eigenvalue weighted by Crippen LogP contribution is -2.30. The molecule has 0 aromatic heterocycles. The van der Waals surface area contributed by atoms with Crippen LogP contribution < -0.4 is 5.73 Å². The Morgan fingerprint density at radius 3 is 2.26 bits per heavy atom. The largest absolute Gasteiger partial charge is 0.384 e. The minimum absolute atomic E-state index is 0.124. The molecule has 0 saturated carbocycles. The molecule has 1 aliphatic heterocycles. The molecule has 3 nitrogen and oxygen atoms in total. The maximum Gasteiger partial charge on any atom is 0.122 e. The van der Waals surface area contributed by atoms with Crippen molar-refractivity contribution in [1.82, 2.24) is 4.90 Å². The zero-order chi connectivity index (χ0) is 16.1. The van der Waals surface area contributed by atoms with Crippen molar-refractivity contribution in [2.45, 2.75) is 19.4 Å². The topological polar surface area (TPSA) is 53.1 Å². The second-order valence-electron chi connectivity index (χ2n) is 6.10. The van der Waals surface area contributed by atoms with Crippen LogP contribution in [0.25, 0.3) is 6.08 Å². The van der Waals surface area contributed by atoms with Crippen LogP contribution in [-0.2, 0) is 6.54 Å². The van der Waals surface area contributed by atoms with Crippen LogP contribution in [0.3, 0.4) is 0 Å². The van der Waals surface area contributed by atoms with Gasteiger partial charge in [-0.1, -0.05) is 66.2 Å². The summed E-state index contributed by atoms with van der Waals surface area (Å²) in [5, 5.41) is 7.43. The van der Waals surface area contributed by atoms with E-state index in [-0.39, 0.29) is 5.84 Å². The van der Waals surface area contributed by atoms with Gasteiger partial charge in [0.15, 0.2) is 0 Å². The van der Waals surface area contributed by atoms with Crippen molar-refractivity contribution < 1.29 is 0 Å². The molecule has 1 heterocycles. The fourth-order valence-electron chi connectivity index (χ4n) is 2.98. The van der Waals surface area contributed by atoms with Gasteiger partial charge in [-0.05, 0) is 24.0 Å². The summed E-state index contributed by atoms with van der Waals surface area (Å²) in [5.41, 5.74) is 10.4. The number of piperidine rings is 1. The van der Waals surface area contributed by atoms with Crippen LogP contribution in [-0.4, -0.2) is 23.8 Å². The van der Waals surface area contributed by atoms with Gasteiger partial charge in [-0.25, -0.2) is 0 Å². The highest BCUT2D eigenvalue weighted by Crippen LogP contribution is 2.21. The van der Waals surface area contributed by atoms with E-state index in [1.54, 1.807) is 0 Å². The van der Waals surface area contributed by atoms with E-state index in [2.05, 4.69) is 41.3 Å². The quantitative estimate of drug-likeness (QED) is 0.669. The Balaban J connectivity index is 1.56. The van der Waals surface area contributed by atoms with Gasteiger partial charge in [-0.15, -0.1) is 0 Å². The lowest BCUT2D eigenvalue weighted by molar-refractivity contribution is 0.249. The zero-order valence-electron chi connectivity index (χ0n) is 13.3. The number of rotatable bonds is 4. The summed E-state index contributed by atoms with van der Waals surface area (Å²) in [6.45, 7) is 3.28. The maximum absolute atomic E-state index is 7.43. The molecule has 2 aromatic rings. The van der Waals surface area contributed by atoms with Crippen LogP contribution in [0.5, 0.6) is 0 Å². The molecule has 0 bridgehead atoms. The minimum atomic E-state index is 0.124. The molecule has 3 rings (SSSR count). The van der Waals surface area contributed by atoms with Gasteiger partial charge >= 0.3 is 0 Å². The molecule has 0 radical (unpaired) electrons. The molecular weight excluding hydrogens is 282 g/mol. The van der Waals surface area contributed by atoms with E-state index in [4.69, 9.17) is 11.1 Å². The number of likely N-dealkylation sites (tertiary alicyclic amines) is 1. The number of benzene rings is 2. The third-order valence-electron chi connectivity index (χ3n) is 4.34. The second-order valence-corrected chi connectivity index (χ2v) is 6.10. The molecule has 3 heteroatoms. The van der Waals surface area contributed by atoms with Gasteiger partial charge in [0, 0.05) is 25.2 Å². The van der Waals surface area contributed by atoms with Gasteiger partial charge in [0.1, 0.15) is 5.84 Å². The monoisotopic (exact) mass is 305 g/mol. The molecule has 1 saturated heterocycles. The first kappa shape index (κ1) is 15.5. The van der Waals surface area contributed by atoms with Crippen molar-refractivity contribution in [3.05, 3.63) is 76.9 Å². The first-order valence-corrected chi connectivity index (χ1v) is 8.11. The van der Waals surface area contributed by atoms with E-state index in [1.165, 1.54) is 16.7 Å². The Kier molecular flexibility index (Phi) is 4.89. The van der Waals surface area contributed by atoms with Crippen molar-refractivity contribution in [2.24, 2.45) is 5.73 Å². The van der Waals surface area contributed by atoms with Crippen molar-refractivity contribution in [3.63, 3.8) is 0 Å². The Bertz CT molecular complexity index is 677. The van der Waals surface area contributed by atoms with Gasteiger partial charge in [0.2, 0.25) is 0 Å². The fourth-order valence-corrected chi connectivity index (χ4v) is 2.98. The summed E-state index contributed by atoms with van der Waals surface area (Å²) in [7, 11) is 0. The summed E-state index contributed by atoms with van der Waals surface area (Å²) >= 11 is 0. The first-order valence-electron chi connectivity index (χ1n) is 8.11. The fraction of sp³-hybridized carbons (Fsp3) is 0.250. The van der Waals surface area contributed by atoms with E-state index in [0.29, 0.717) is 0 Å². The van der Waals surface area contributed by atoms with Crippen LogP contribution in [0.1, 0.15) is 29.5 Å². The average molecular weight is 305 g/mol. The molecule has 2 aromatic carbocycles. The lowest BCUT2D eigenvalue weighted by Gasteiger charge is -2.28. The third kappa shape index (κ3) is 4.30. The molecule has 0 spiro atoms. The van der Waals surface area contributed by atoms with E-state index in [0.717, 1.165) is 38.0 Å². The van der Waals surface area contributed by atoms with Gasteiger partial charge in [0.25, 0.3) is 0 Å². The summed E-state index contributed by atoms with van der Waals surface area (Å²) in [4.78, 5) is 2.52. The van der Waals surface area contributed by atoms with Gasteiger partial charge < -0.3 is 5.73 Å². The van der Waals surface area contributed by atoms with Crippen molar-refractivity contribution in [1.29, 1.82) is 5.41 Å². The molecular formula is C20H23N3. The number of nitrogens with zero attached hydrogens (tertiary/aromatic N) is 1. The van der Waals surface area contributed by atoms with Crippen LogP contribution in [0.2, 0.25) is 0 Å². The Morgan fingerprint density at radius 1 is 1.00 bits per heavy atom. The van der Waals surface area contributed by atoms with Gasteiger partial charge in [0.05, 0.1) is 0 Å². The molecule has 0 aliphatic carbocycles. The average Bonchev–Trinajstić information content (AvgIpc) is 2.58. The third-order valence-corrected chi connectivity index (χ3v) is 4.34. The van der Waals surface area contributed by atoms with Crippen LogP contribution in [0, 0.1) is 5.41 Å². The van der Waals surface area contributed by atoms with Gasteiger partial charge in [-0.3, -0.25) is 10.3 Å². The number of amidine groups is 1. The summed E-state index contributed by atoms with van der Waals surface area (Å²) in [6, 6.07) is 18.6. The number of hydrogen-bond donors (Lipinski definition) is 2. The number of hydrogen-bond acceptors (Lipinski definition) is 2. The predicted molar refractivity (Wildman–Crippen MR) is 96.4 cm³/mol. The second kappa shape index (κ2) is 7.25. The standard InChI is InChI=1S/C20H23N3/c21-20(22)19-8-6-16(7-9-19)14-17-10-12-23(13-11-17)15-18-4-2-1-3-5-18/h1-9,14H,10-13,15H2,(H3,21,22). The van der Waals surface area contributed by atoms with E-state index in [9.17, 15) is 0 Å². The van der Waals surface area contributed by atoms with E-state index in [1.807, 2.05) is 24.3 Å². The molecule has 118 valence electrons. The van der Waals surface area contributed by atoms with E-state index < -0.39 is 0 Å². The Hall–Kier alpha value is -2.39. The lowest BCUT2D eigenvalue weighted by atomic mass is 10.00. The molecule has 1 aliphatic rings. The SMILES string of the molecule is N=C(N)c1ccc(C=C2CCN(Cc3ccccc3)CC2)cc1. The van der Waals surface area contributed by atoms with Crippen molar-refractivity contribution in [3.8, 4) is 0 Å². The van der Waals surface area contributed by atoms with Crippen molar-refractivity contribution in [2.75, 3.05) is 13.1 Å². The minimum Gasteiger partial charge on any atom is -0.384 e. The number of nitrogens with one attached hydrogen (secondary N) is 1. The number of nitrogen functional groups attached to an aromatic ring is 1. The molecule has 1 fully saturated rings. The van der Waals surface area contributed by atoms with Crippen LogP contribution in [0.15, 0.2) is 60.2 Å². The summed E-state index contributed by atoms with van der Waals surface area (Å²) in [5.74, 6) is 0.124. The zero-order valence-corrected chi connectivity index (χ0v) is 13.3. The normalized spacial score (nSPS) is 15.4. The molecule has 0 unspecified atom stereocenters. The molecule has 0 atom stereocenters. The van der Waals surface area contributed by atoms with E-state index >= 15 is 0 Å². The van der Waals surface area contributed by atoms with Crippen molar-refractivity contribution >= 4 is 11.9 Å². The predicted octanol–water partition coefficient (Wildman–Crippen LogP) is 3.65. The Labute approximate surface area is 137 Å². The smallest absolute Gasteiger partial charge is 0.122 e. The molecule has 3 N–H and O–H groups in total. The Morgan fingerprint density at radius 2 is 1.65 bits per heavy atom. The summed E-state index contributed by atoms with van der Waals surface area (Å²) < 4.78 is 0. The van der Waals surface area contributed by atoms with Crippen LogP contribution in [0.4, 0.5) is 0 Å².